The zero-order valence-electron chi connectivity index (χ0n) is 15.3. The molecular formula is C21H22FN3O2. The number of carbonyl (C=O) groups excluding carboxylic acids is 1. The molecule has 0 N–H and O–H groups in total. The number of aromatic nitrogens is 2. The van der Waals surface area contributed by atoms with Gasteiger partial charge in [0.25, 0.3) is 5.91 Å². The molecule has 2 aromatic heterocycles. The van der Waals surface area contributed by atoms with E-state index >= 15 is 0 Å². The molecule has 0 radical (unpaired) electrons. The molecule has 0 spiro atoms. The van der Waals surface area contributed by atoms with Gasteiger partial charge in [-0.15, -0.1) is 0 Å². The Kier molecular flexibility index (Phi) is 4.90. The van der Waals surface area contributed by atoms with Crippen molar-refractivity contribution in [2.45, 2.75) is 32.4 Å². The van der Waals surface area contributed by atoms with Crippen LogP contribution < -0.4 is 0 Å². The smallest absolute Gasteiger partial charge is 0.274 e. The Balaban J connectivity index is 1.60. The Morgan fingerprint density at radius 2 is 2.15 bits per heavy atom. The molecule has 4 rings (SSSR count). The molecule has 1 amide bonds. The van der Waals surface area contributed by atoms with Gasteiger partial charge in [0, 0.05) is 32.1 Å². The first-order valence-electron chi connectivity index (χ1n) is 9.19. The van der Waals surface area contributed by atoms with Gasteiger partial charge in [0.15, 0.2) is 0 Å². The van der Waals surface area contributed by atoms with Gasteiger partial charge in [0.05, 0.1) is 6.10 Å². The third-order valence-corrected chi connectivity index (χ3v) is 4.86. The molecule has 1 fully saturated rings. The quantitative estimate of drug-likeness (QED) is 0.692. The van der Waals surface area contributed by atoms with Crippen molar-refractivity contribution < 1.29 is 13.9 Å². The van der Waals surface area contributed by atoms with Gasteiger partial charge in [-0.05, 0) is 55.2 Å². The van der Waals surface area contributed by atoms with Crippen LogP contribution in [-0.4, -0.2) is 39.4 Å². The lowest BCUT2D eigenvalue weighted by Gasteiger charge is -2.25. The molecule has 0 saturated carbocycles. The summed E-state index contributed by atoms with van der Waals surface area (Å²) in [7, 11) is 0. The third-order valence-electron chi connectivity index (χ3n) is 4.86. The van der Waals surface area contributed by atoms with Gasteiger partial charge < -0.3 is 14.0 Å². The van der Waals surface area contributed by atoms with Crippen molar-refractivity contribution in [3.63, 3.8) is 0 Å². The van der Waals surface area contributed by atoms with Crippen molar-refractivity contribution in [1.82, 2.24) is 14.3 Å². The Morgan fingerprint density at radius 3 is 2.89 bits per heavy atom. The molecular weight excluding hydrogens is 345 g/mol. The fraction of sp³-hybridized carbons (Fsp3) is 0.333. The van der Waals surface area contributed by atoms with Gasteiger partial charge in [0.1, 0.15) is 17.2 Å². The number of ether oxygens (including phenoxy) is 1. The number of imidazole rings is 1. The van der Waals surface area contributed by atoms with Crippen LogP contribution in [0.15, 0.2) is 48.8 Å². The topological polar surface area (TPSA) is 46.8 Å². The third kappa shape index (κ3) is 4.01. The molecule has 1 atom stereocenters. The number of hydrogen-bond donors (Lipinski definition) is 0. The maximum Gasteiger partial charge on any atom is 0.274 e. The van der Waals surface area contributed by atoms with Gasteiger partial charge in [0.2, 0.25) is 0 Å². The molecule has 1 unspecified atom stereocenters. The zero-order valence-corrected chi connectivity index (χ0v) is 15.3. The van der Waals surface area contributed by atoms with Crippen LogP contribution >= 0.6 is 0 Å². The first-order chi connectivity index (χ1) is 13.1. The predicted molar refractivity (Wildman–Crippen MR) is 100 cm³/mol. The minimum Gasteiger partial charge on any atom is -0.376 e. The molecule has 0 aliphatic carbocycles. The van der Waals surface area contributed by atoms with Crippen LogP contribution in [0.4, 0.5) is 4.39 Å². The molecule has 3 aromatic rings. The molecule has 27 heavy (non-hydrogen) atoms. The van der Waals surface area contributed by atoms with Crippen LogP contribution in [0.25, 0.3) is 5.65 Å². The van der Waals surface area contributed by atoms with Gasteiger partial charge in [-0.3, -0.25) is 4.79 Å². The van der Waals surface area contributed by atoms with Gasteiger partial charge >= 0.3 is 0 Å². The molecule has 1 saturated heterocycles. The minimum absolute atomic E-state index is 0.0358. The highest BCUT2D eigenvalue weighted by Crippen LogP contribution is 2.18. The standard InChI is InChI=1S/C21H22FN3O2/c1-15-8-9-24-14-19(23-20(24)11-15)21(26)25(13-18-3-2-10-27-18)12-16-4-6-17(22)7-5-16/h4-9,11,14,18H,2-3,10,12-13H2,1H3. The summed E-state index contributed by atoms with van der Waals surface area (Å²) in [5, 5.41) is 0. The van der Waals surface area contributed by atoms with Gasteiger partial charge in [-0.2, -0.15) is 0 Å². The first-order valence-corrected chi connectivity index (χ1v) is 9.19. The Hall–Kier alpha value is -2.73. The van der Waals surface area contributed by atoms with E-state index in [9.17, 15) is 9.18 Å². The Morgan fingerprint density at radius 1 is 1.33 bits per heavy atom. The van der Waals surface area contributed by atoms with E-state index in [1.165, 1.54) is 12.1 Å². The Labute approximate surface area is 157 Å². The highest BCUT2D eigenvalue weighted by molar-refractivity contribution is 5.93. The lowest BCUT2D eigenvalue weighted by Crippen LogP contribution is -2.37. The second-order valence-corrected chi connectivity index (χ2v) is 7.04. The number of carbonyl (C=O) groups is 1. The lowest BCUT2D eigenvalue weighted by atomic mass is 10.1. The molecule has 1 aliphatic rings. The molecule has 0 bridgehead atoms. The summed E-state index contributed by atoms with van der Waals surface area (Å²) in [4.78, 5) is 19.4. The highest BCUT2D eigenvalue weighted by Gasteiger charge is 2.25. The van der Waals surface area contributed by atoms with Crippen LogP contribution in [-0.2, 0) is 11.3 Å². The Bertz CT molecular complexity index is 946. The van der Waals surface area contributed by atoms with Crippen molar-refractivity contribution >= 4 is 11.6 Å². The maximum absolute atomic E-state index is 13.2. The summed E-state index contributed by atoms with van der Waals surface area (Å²) in [6.45, 7) is 3.63. The highest BCUT2D eigenvalue weighted by atomic mass is 19.1. The normalized spacial score (nSPS) is 16.7. The van der Waals surface area contributed by atoms with Crippen molar-refractivity contribution in [3.8, 4) is 0 Å². The average Bonchev–Trinajstić information content (AvgIpc) is 3.31. The van der Waals surface area contributed by atoms with Crippen LogP contribution in [0.1, 0.15) is 34.5 Å². The van der Waals surface area contributed by atoms with E-state index in [0.717, 1.165) is 36.2 Å². The number of hydrogen-bond acceptors (Lipinski definition) is 3. The van der Waals surface area contributed by atoms with Crippen LogP contribution in [0.3, 0.4) is 0 Å². The van der Waals surface area contributed by atoms with E-state index in [2.05, 4.69) is 4.98 Å². The van der Waals surface area contributed by atoms with Crippen molar-refractivity contribution in [1.29, 1.82) is 0 Å². The molecule has 1 aliphatic heterocycles. The van der Waals surface area contributed by atoms with E-state index in [1.807, 2.05) is 29.7 Å². The molecule has 140 valence electrons. The van der Waals surface area contributed by atoms with E-state index in [4.69, 9.17) is 4.74 Å². The van der Waals surface area contributed by atoms with E-state index < -0.39 is 0 Å². The second kappa shape index (κ2) is 7.48. The summed E-state index contributed by atoms with van der Waals surface area (Å²) in [5.41, 5.74) is 3.12. The number of benzene rings is 1. The van der Waals surface area contributed by atoms with Crippen LogP contribution in [0, 0.1) is 12.7 Å². The zero-order chi connectivity index (χ0) is 18.8. The molecule has 3 heterocycles. The summed E-state index contributed by atoms with van der Waals surface area (Å²) >= 11 is 0. The maximum atomic E-state index is 13.2. The monoisotopic (exact) mass is 367 g/mol. The number of amides is 1. The van der Waals surface area contributed by atoms with E-state index in [1.54, 1.807) is 23.2 Å². The average molecular weight is 367 g/mol. The number of pyridine rings is 1. The molecule has 5 nitrogen and oxygen atoms in total. The largest absolute Gasteiger partial charge is 0.376 e. The summed E-state index contributed by atoms with van der Waals surface area (Å²) < 4.78 is 20.8. The van der Waals surface area contributed by atoms with Crippen molar-refractivity contribution in [2.75, 3.05) is 13.2 Å². The number of rotatable bonds is 5. The van der Waals surface area contributed by atoms with Gasteiger partial charge in [-0.1, -0.05) is 12.1 Å². The van der Waals surface area contributed by atoms with Gasteiger partial charge in [-0.25, -0.2) is 9.37 Å². The number of fused-ring (bicyclic) bond motifs is 1. The number of aryl methyl sites for hydroxylation is 1. The van der Waals surface area contributed by atoms with Crippen molar-refractivity contribution in [3.05, 3.63) is 71.4 Å². The summed E-state index contributed by atoms with van der Waals surface area (Å²) in [6.07, 6.45) is 5.64. The first kappa shape index (κ1) is 17.7. The minimum atomic E-state index is -0.286. The van der Waals surface area contributed by atoms with E-state index in [-0.39, 0.29) is 17.8 Å². The molecule has 6 heteroatoms. The number of halogens is 1. The fourth-order valence-corrected chi connectivity index (χ4v) is 3.41. The van der Waals surface area contributed by atoms with Crippen LogP contribution in [0.2, 0.25) is 0 Å². The van der Waals surface area contributed by atoms with Crippen LogP contribution in [0.5, 0.6) is 0 Å². The van der Waals surface area contributed by atoms with Crippen molar-refractivity contribution in [2.24, 2.45) is 0 Å². The lowest BCUT2D eigenvalue weighted by molar-refractivity contribution is 0.0503. The summed E-state index contributed by atoms with van der Waals surface area (Å²) in [6, 6.07) is 10.2. The SMILES string of the molecule is Cc1ccn2cc(C(=O)N(Cc3ccc(F)cc3)CC3CCCO3)nc2c1. The summed E-state index contributed by atoms with van der Waals surface area (Å²) in [5.74, 6) is -0.428. The van der Waals surface area contributed by atoms with E-state index in [0.29, 0.717) is 18.8 Å². The predicted octanol–water partition coefficient (Wildman–Crippen LogP) is 3.60. The molecule has 1 aromatic carbocycles. The fourth-order valence-electron chi connectivity index (χ4n) is 3.41. The second-order valence-electron chi connectivity index (χ2n) is 7.04. The number of nitrogens with zero attached hydrogens (tertiary/aromatic N) is 3.